The molecule has 0 saturated carbocycles. The molecule has 4 rings (SSSR count). The van der Waals surface area contributed by atoms with E-state index >= 15 is 0 Å². The Balaban J connectivity index is 0.000000290. The van der Waals surface area contributed by atoms with Crippen LogP contribution in [0.25, 0.3) is 0 Å². The van der Waals surface area contributed by atoms with E-state index in [1.807, 2.05) is 6.07 Å². The number of halogens is 2. The lowest BCUT2D eigenvalue weighted by molar-refractivity contribution is 0.503. The fourth-order valence-electron chi connectivity index (χ4n) is 3.20. The third-order valence-corrected chi connectivity index (χ3v) is 6.50. The van der Waals surface area contributed by atoms with Crippen LogP contribution in [0, 0.1) is 11.3 Å². The van der Waals surface area contributed by atoms with Crippen molar-refractivity contribution < 1.29 is 0 Å². The number of rotatable bonds is 0. The van der Waals surface area contributed by atoms with E-state index in [1.54, 1.807) is 0 Å². The molecule has 1 atom stereocenters. The lowest BCUT2D eigenvalue weighted by Gasteiger charge is -2.17. The number of benzene rings is 1. The maximum absolute atomic E-state index is 9.30. The van der Waals surface area contributed by atoms with Crippen molar-refractivity contribution in [2.75, 3.05) is 26.2 Å². The van der Waals surface area contributed by atoms with Gasteiger partial charge in [0.15, 0.2) is 0 Å². The molecule has 3 aliphatic heterocycles. The topological polar surface area (TPSA) is 77.4 Å². The van der Waals surface area contributed by atoms with Crippen LogP contribution in [-0.4, -0.2) is 43.0 Å². The maximum atomic E-state index is 9.30. The Morgan fingerprint density at radius 2 is 2.08 bits per heavy atom. The maximum Gasteiger partial charge on any atom is 0.109 e. The molecule has 0 spiro atoms. The smallest absolute Gasteiger partial charge is 0.109 e. The Morgan fingerprint density at radius 1 is 1.33 bits per heavy atom. The van der Waals surface area contributed by atoms with Crippen molar-refractivity contribution in [3.8, 4) is 6.07 Å². The number of nitrogens with one attached hydrogen (secondary N) is 1. The first-order chi connectivity index (χ1) is 11.6. The van der Waals surface area contributed by atoms with Gasteiger partial charge in [-0.15, -0.1) is 0 Å². The molecule has 128 valence electrons. The van der Waals surface area contributed by atoms with Crippen molar-refractivity contribution in [2.45, 2.75) is 31.7 Å². The zero-order valence-corrected chi connectivity index (χ0v) is 16.7. The van der Waals surface area contributed by atoms with Gasteiger partial charge in [-0.1, -0.05) is 0 Å². The van der Waals surface area contributed by atoms with Crippen LogP contribution in [0.15, 0.2) is 20.0 Å². The number of nitrogens with two attached hydrogens (primary N) is 1. The van der Waals surface area contributed by atoms with Crippen molar-refractivity contribution in [1.82, 2.24) is 10.2 Å². The van der Waals surface area contributed by atoms with Gasteiger partial charge in [-0.3, -0.25) is 0 Å². The molecule has 3 aliphatic rings. The largest absolute Gasteiger partial charge is 0.358 e. The summed E-state index contributed by atoms with van der Waals surface area (Å²) in [6.45, 7) is 4.31. The molecule has 1 unspecified atom stereocenters. The van der Waals surface area contributed by atoms with Crippen LogP contribution in [0.5, 0.6) is 0 Å². The number of likely N-dealkylation sites (tertiary alicyclic amines) is 1. The van der Waals surface area contributed by atoms with Gasteiger partial charge < -0.3 is 16.0 Å². The highest BCUT2D eigenvalue weighted by Crippen LogP contribution is 2.40. The molecular formula is C17H21Br2N5. The van der Waals surface area contributed by atoms with Crippen molar-refractivity contribution in [2.24, 2.45) is 10.7 Å². The average molecular weight is 455 g/mol. The highest BCUT2D eigenvalue weighted by Gasteiger charge is 2.28. The Labute approximate surface area is 159 Å². The van der Waals surface area contributed by atoms with Gasteiger partial charge in [-0.2, -0.15) is 5.26 Å². The molecule has 0 bridgehead atoms. The molecule has 1 aromatic carbocycles. The number of nitriles is 1. The average Bonchev–Trinajstić information content (AvgIpc) is 3.30. The van der Waals surface area contributed by atoms with Crippen LogP contribution in [0.2, 0.25) is 0 Å². The summed E-state index contributed by atoms with van der Waals surface area (Å²) in [6, 6.07) is 4.50. The fourth-order valence-corrected chi connectivity index (χ4v) is 4.07. The number of hydrogen-bond acceptors (Lipinski definition) is 5. The quantitative estimate of drug-likeness (QED) is 0.631. The number of hydrogen-bond donors (Lipinski definition) is 2. The number of amidine groups is 1. The number of fused-ring (bicyclic) bond motifs is 1. The van der Waals surface area contributed by atoms with Gasteiger partial charge in [-0.05, 0) is 75.8 Å². The first-order valence-electron chi connectivity index (χ1n) is 8.30. The van der Waals surface area contributed by atoms with E-state index in [9.17, 15) is 5.26 Å². The van der Waals surface area contributed by atoms with Gasteiger partial charge in [0, 0.05) is 30.0 Å². The molecule has 0 aromatic heterocycles. The third kappa shape index (κ3) is 3.83. The second kappa shape index (κ2) is 7.96. The first kappa shape index (κ1) is 17.9. The summed E-state index contributed by atoms with van der Waals surface area (Å²) in [5.41, 5.74) is 8.44. The van der Waals surface area contributed by atoms with Crippen molar-refractivity contribution in [1.29, 1.82) is 5.26 Å². The zero-order valence-electron chi connectivity index (χ0n) is 13.5. The molecule has 5 nitrogen and oxygen atoms in total. The van der Waals surface area contributed by atoms with E-state index < -0.39 is 0 Å². The molecule has 2 saturated heterocycles. The zero-order chi connectivity index (χ0) is 17.1. The SMILES string of the molecule is C1CCNC1.N#Cc1c(Br)c(Br)cc2c1N=C(N1CCC(N)C1)C2. The third-order valence-electron chi connectivity index (χ3n) is 4.52. The highest BCUT2D eigenvalue weighted by atomic mass is 79.9. The van der Waals surface area contributed by atoms with Gasteiger partial charge >= 0.3 is 0 Å². The van der Waals surface area contributed by atoms with Crippen molar-refractivity contribution >= 4 is 43.4 Å². The minimum Gasteiger partial charge on any atom is -0.358 e. The van der Waals surface area contributed by atoms with E-state index in [4.69, 9.17) is 5.73 Å². The molecule has 1 aromatic rings. The van der Waals surface area contributed by atoms with Gasteiger partial charge in [0.05, 0.1) is 15.7 Å². The van der Waals surface area contributed by atoms with Crippen molar-refractivity contribution in [3.05, 3.63) is 26.1 Å². The normalized spacial score (nSPS) is 21.8. The molecular weight excluding hydrogens is 434 g/mol. The molecule has 3 heterocycles. The predicted molar refractivity (Wildman–Crippen MR) is 104 cm³/mol. The molecule has 3 N–H and O–H groups in total. The summed E-state index contributed by atoms with van der Waals surface area (Å²) < 4.78 is 1.68. The number of nitrogens with zero attached hydrogens (tertiary/aromatic N) is 3. The van der Waals surface area contributed by atoms with Gasteiger partial charge in [0.1, 0.15) is 11.9 Å². The second-order valence-corrected chi connectivity index (χ2v) is 7.97. The minimum atomic E-state index is 0.236. The van der Waals surface area contributed by atoms with Crippen LogP contribution in [0.4, 0.5) is 5.69 Å². The molecule has 24 heavy (non-hydrogen) atoms. The molecule has 2 fully saturated rings. The van der Waals surface area contributed by atoms with Crippen LogP contribution < -0.4 is 11.1 Å². The highest BCUT2D eigenvalue weighted by molar-refractivity contribution is 9.13. The van der Waals surface area contributed by atoms with Crippen LogP contribution in [-0.2, 0) is 6.42 Å². The van der Waals surface area contributed by atoms with E-state index in [-0.39, 0.29) is 6.04 Å². The second-order valence-electron chi connectivity index (χ2n) is 6.32. The Morgan fingerprint density at radius 3 is 2.62 bits per heavy atom. The summed E-state index contributed by atoms with van der Waals surface area (Å²) in [4.78, 5) is 6.88. The van der Waals surface area contributed by atoms with Crippen LogP contribution in [0.1, 0.15) is 30.4 Å². The van der Waals surface area contributed by atoms with E-state index in [1.165, 1.54) is 25.9 Å². The summed E-state index contributed by atoms with van der Waals surface area (Å²) >= 11 is 6.91. The standard InChI is InChI=1S/C13H12Br2N4.C4H9N/c14-10-3-7-4-11(19-2-1-8(17)6-19)18-13(7)9(5-16)12(10)15;1-2-4-5-3-1/h3,8H,1-2,4,6,17H2;5H,1-4H2. The Bertz CT molecular complexity index is 684. The van der Waals surface area contributed by atoms with Gasteiger partial charge in [0.25, 0.3) is 0 Å². The predicted octanol–water partition coefficient (Wildman–Crippen LogP) is 3.07. The lowest BCUT2D eigenvalue weighted by atomic mass is 10.1. The van der Waals surface area contributed by atoms with Crippen LogP contribution in [0.3, 0.4) is 0 Å². The Kier molecular flexibility index (Phi) is 5.93. The summed E-state index contributed by atoms with van der Waals surface area (Å²) in [6.07, 6.45) is 4.57. The summed E-state index contributed by atoms with van der Waals surface area (Å²) in [5, 5.41) is 12.5. The molecule has 0 aliphatic carbocycles. The van der Waals surface area contributed by atoms with Gasteiger partial charge in [0.2, 0.25) is 0 Å². The summed E-state index contributed by atoms with van der Waals surface area (Å²) in [5.74, 6) is 1.03. The molecule has 0 radical (unpaired) electrons. The van der Waals surface area contributed by atoms with Crippen molar-refractivity contribution in [3.63, 3.8) is 0 Å². The monoisotopic (exact) mass is 453 g/mol. The first-order valence-corrected chi connectivity index (χ1v) is 9.88. The Hall–Kier alpha value is -0.940. The fraction of sp³-hybridized carbons (Fsp3) is 0.529. The van der Waals surface area contributed by atoms with E-state index in [2.05, 4.69) is 53.1 Å². The summed E-state index contributed by atoms with van der Waals surface area (Å²) in [7, 11) is 0. The molecule has 0 amide bonds. The van der Waals surface area contributed by atoms with E-state index in [0.29, 0.717) is 5.56 Å². The number of aliphatic imine (C=N–C) groups is 1. The minimum absolute atomic E-state index is 0.236. The lowest BCUT2D eigenvalue weighted by Crippen LogP contribution is -2.31. The molecule has 7 heteroatoms. The van der Waals surface area contributed by atoms with Crippen LogP contribution >= 0.6 is 31.9 Å². The van der Waals surface area contributed by atoms with Gasteiger partial charge in [-0.25, -0.2) is 4.99 Å². The van der Waals surface area contributed by atoms with E-state index in [0.717, 1.165) is 52.0 Å².